The first kappa shape index (κ1) is 16.5. The van der Waals surface area contributed by atoms with Crippen LogP contribution in [0.5, 0.6) is 0 Å². The number of hydrogen-bond donors (Lipinski definition) is 2. The fourth-order valence-electron chi connectivity index (χ4n) is 0.877. The van der Waals surface area contributed by atoms with Gasteiger partial charge in [0.25, 0.3) is 10.1 Å². The summed E-state index contributed by atoms with van der Waals surface area (Å²) in [5.74, 6) is -1.01. The first-order chi connectivity index (χ1) is 5.66. The standard InChI is InChI=1S/C7H13NO4S.Na.H/c1-4-6(9)8-7(2,3)5-13(10,11)12;;/h4H,1,5H2,2-3H3,(H,8,9)(H,10,11,12);;/q;+1;-1. The van der Waals surface area contributed by atoms with E-state index in [2.05, 4.69) is 11.9 Å². The van der Waals surface area contributed by atoms with Gasteiger partial charge in [-0.15, -0.1) is 0 Å². The minimum absolute atomic E-state index is 0. The zero-order chi connectivity index (χ0) is 10.7. The smallest absolute Gasteiger partial charge is 1.00 e. The Morgan fingerprint density at radius 1 is 1.64 bits per heavy atom. The van der Waals surface area contributed by atoms with Crippen molar-refractivity contribution in [3.63, 3.8) is 0 Å². The number of amides is 1. The summed E-state index contributed by atoms with van der Waals surface area (Å²) in [4.78, 5) is 10.8. The molecule has 0 unspecified atom stereocenters. The Balaban J connectivity index is -0.000000720. The summed E-state index contributed by atoms with van der Waals surface area (Å²) in [5.41, 5.74) is -1.00. The molecule has 2 N–H and O–H groups in total. The molecule has 0 aromatic carbocycles. The van der Waals surface area contributed by atoms with Crippen LogP contribution in [0.15, 0.2) is 12.7 Å². The molecule has 78 valence electrons. The van der Waals surface area contributed by atoms with Crippen molar-refractivity contribution < 1.29 is 48.7 Å². The topological polar surface area (TPSA) is 83.5 Å². The van der Waals surface area contributed by atoms with Crippen molar-refractivity contribution in [1.82, 2.24) is 5.32 Å². The van der Waals surface area contributed by atoms with Gasteiger partial charge in [-0.2, -0.15) is 8.42 Å². The van der Waals surface area contributed by atoms with Crippen molar-refractivity contribution in [3.05, 3.63) is 12.7 Å². The Bertz CT molecular complexity index is 315. The van der Waals surface area contributed by atoms with Gasteiger partial charge in [-0.3, -0.25) is 9.35 Å². The van der Waals surface area contributed by atoms with Crippen molar-refractivity contribution in [3.8, 4) is 0 Å². The van der Waals surface area contributed by atoms with Gasteiger partial charge in [0.15, 0.2) is 0 Å². The molecule has 0 heterocycles. The van der Waals surface area contributed by atoms with E-state index in [1.54, 1.807) is 0 Å². The van der Waals surface area contributed by atoms with Crippen LogP contribution < -0.4 is 34.9 Å². The molecule has 0 aromatic heterocycles. The van der Waals surface area contributed by atoms with E-state index >= 15 is 0 Å². The summed E-state index contributed by atoms with van der Waals surface area (Å²) in [6.45, 7) is 6.19. The summed E-state index contributed by atoms with van der Waals surface area (Å²) in [7, 11) is -4.08. The summed E-state index contributed by atoms with van der Waals surface area (Å²) in [6, 6.07) is 0. The predicted molar refractivity (Wildman–Crippen MR) is 49.9 cm³/mol. The van der Waals surface area contributed by atoms with E-state index in [4.69, 9.17) is 4.55 Å². The maximum atomic E-state index is 10.8. The van der Waals surface area contributed by atoms with Crippen LogP contribution in [0.25, 0.3) is 0 Å². The van der Waals surface area contributed by atoms with Crippen LogP contribution in [0.2, 0.25) is 0 Å². The average molecular weight is 231 g/mol. The van der Waals surface area contributed by atoms with E-state index in [1.165, 1.54) is 13.8 Å². The minimum atomic E-state index is -4.08. The SMILES string of the molecule is C=CC(=O)NC(C)(C)CS(=O)(=O)O.[H-].[Na+]. The molecular weight excluding hydrogens is 217 g/mol. The third-order valence-corrected chi connectivity index (χ3v) is 2.28. The van der Waals surface area contributed by atoms with Crippen LogP contribution in [-0.2, 0) is 14.9 Å². The fraction of sp³-hybridized carbons (Fsp3) is 0.571. The molecule has 0 fully saturated rings. The first-order valence-corrected chi connectivity index (χ1v) is 5.17. The van der Waals surface area contributed by atoms with Crippen LogP contribution in [-0.4, -0.2) is 30.2 Å². The van der Waals surface area contributed by atoms with E-state index in [-0.39, 0.29) is 31.0 Å². The molecule has 14 heavy (non-hydrogen) atoms. The normalized spacial score (nSPS) is 11.4. The molecule has 0 aromatic rings. The molecule has 0 saturated carbocycles. The molecule has 0 saturated heterocycles. The number of carbonyl (C=O) groups is 1. The Hall–Kier alpha value is 0.120. The van der Waals surface area contributed by atoms with Gasteiger partial charge < -0.3 is 6.74 Å². The van der Waals surface area contributed by atoms with Crippen LogP contribution in [0, 0.1) is 0 Å². The van der Waals surface area contributed by atoms with Crippen molar-refractivity contribution in [2.75, 3.05) is 5.75 Å². The van der Waals surface area contributed by atoms with Gasteiger partial charge in [0.1, 0.15) is 0 Å². The zero-order valence-corrected chi connectivity index (χ0v) is 11.4. The van der Waals surface area contributed by atoms with Crippen LogP contribution in [0.4, 0.5) is 0 Å². The second-order valence-corrected chi connectivity index (χ2v) is 4.76. The van der Waals surface area contributed by atoms with E-state index in [1.807, 2.05) is 0 Å². The Labute approximate surface area is 107 Å². The van der Waals surface area contributed by atoms with E-state index in [0.29, 0.717) is 0 Å². The minimum Gasteiger partial charge on any atom is -1.00 e. The van der Waals surface area contributed by atoms with Crippen molar-refractivity contribution in [1.29, 1.82) is 0 Å². The third-order valence-electron chi connectivity index (χ3n) is 1.19. The molecule has 0 radical (unpaired) electrons. The monoisotopic (exact) mass is 231 g/mol. The average Bonchev–Trinajstić information content (AvgIpc) is 1.80. The van der Waals surface area contributed by atoms with E-state index in [9.17, 15) is 13.2 Å². The molecule has 0 aliphatic carbocycles. The summed E-state index contributed by atoms with van der Waals surface area (Å²) < 4.78 is 29.5. The molecule has 5 nitrogen and oxygen atoms in total. The maximum Gasteiger partial charge on any atom is 1.00 e. The van der Waals surface area contributed by atoms with Gasteiger partial charge in [0.2, 0.25) is 5.91 Å². The number of carbonyl (C=O) groups excluding carboxylic acids is 1. The van der Waals surface area contributed by atoms with Crippen LogP contribution in [0.1, 0.15) is 15.3 Å². The summed E-state index contributed by atoms with van der Waals surface area (Å²) >= 11 is 0. The molecular formula is C7H14NNaO4S. The Morgan fingerprint density at radius 3 is 2.36 bits per heavy atom. The second kappa shape index (κ2) is 5.87. The van der Waals surface area contributed by atoms with Gasteiger partial charge in [-0.1, -0.05) is 6.58 Å². The van der Waals surface area contributed by atoms with Gasteiger partial charge in [-0.05, 0) is 19.9 Å². The fourth-order valence-corrected chi connectivity index (χ4v) is 1.86. The first-order valence-electron chi connectivity index (χ1n) is 3.56. The predicted octanol–water partition coefficient (Wildman–Crippen LogP) is -2.93. The third kappa shape index (κ3) is 8.71. The molecule has 0 aliphatic heterocycles. The van der Waals surface area contributed by atoms with E-state index in [0.717, 1.165) is 6.08 Å². The largest absolute Gasteiger partial charge is 1.00 e. The second-order valence-electron chi connectivity index (χ2n) is 3.30. The molecule has 0 rings (SSSR count). The molecule has 0 bridgehead atoms. The summed E-state index contributed by atoms with van der Waals surface area (Å²) in [5, 5.41) is 2.37. The van der Waals surface area contributed by atoms with Gasteiger partial charge in [0, 0.05) is 0 Å². The molecule has 1 amide bonds. The number of hydrogen-bond acceptors (Lipinski definition) is 3. The van der Waals surface area contributed by atoms with Crippen LogP contribution >= 0.6 is 0 Å². The van der Waals surface area contributed by atoms with Crippen molar-refractivity contribution in [2.24, 2.45) is 0 Å². The molecule has 0 atom stereocenters. The number of rotatable bonds is 4. The Morgan fingerprint density at radius 2 is 2.07 bits per heavy atom. The number of nitrogens with one attached hydrogen (secondary N) is 1. The van der Waals surface area contributed by atoms with Crippen LogP contribution in [0.3, 0.4) is 0 Å². The molecule has 0 aliphatic rings. The summed E-state index contributed by atoms with van der Waals surface area (Å²) in [6.07, 6.45) is 1.03. The molecule has 0 spiro atoms. The van der Waals surface area contributed by atoms with Gasteiger partial charge in [-0.25, -0.2) is 0 Å². The Kier molecular flexibility index (Phi) is 6.94. The van der Waals surface area contributed by atoms with Crippen molar-refractivity contribution in [2.45, 2.75) is 19.4 Å². The zero-order valence-electron chi connectivity index (χ0n) is 9.57. The van der Waals surface area contributed by atoms with Crippen molar-refractivity contribution >= 4 is 16.0 Å². The maximum absolute atomic E-state index is 10.8. The van der Waals surface area contributed by atoms with Gasteiger partial charge in [0.05, 0.1) is 11.3 Å². The quantitative estimate of drug-likeness (QED) is 0.308. The van der Waals surface area contributed by atoms with Gasteiger partial charge >= 0.3 is 29.6 Å². The van der Waals surface area contributed by atoms with E-state index < -0.39 is 27.3 Å². The molecule has 7 heteroatoms.